The van der Waals surface area contributed by atoms with Gasteiger partial charge in [0.15, 0.2) is 0 Å². The molecule has 1 aliphatic heterocycles. The summed E-state index contributed by atoms with van der Waals surface area (Å²) >= 11 is 0. The van der Waals surface area contributed by atoms with Crippen LogP contribution in [0.1, 0.15) is 13.8 Å². The highest BCUT2D eigenvalue weighted by Gasteiger charge is 2.24. The zero-order valence-corrected chi connectivity index (χ0v) is 7.17. The Labute approximate surface area is 66.1 Å². The first-order chi connectivity index (χ1) is 5.01. The zero-order valence-electron chi connectivity index (χ0n) is 6.35. The van der Waals surface area contributed by atoms with Gasteiger partial charge >= 0.3 is 10.4 Å². The van der Waals surface area contributed by atoms with E-state index in [9.17, 15) is 8.42 Å². The average molecular weight is 178 g/mol. The molecule has 4 nitrogen and oxygen atoms in total. The van der Waals surface area contributed by atoms with Crippen molar-refractivity contribution in [3.05, 3.63) is 12.3 Å². The Bertz CT molecular complexity index is 252. The Morgan fingerprint density at radius 3 is 2.45 bits per heavy atom. The molecule has 1 unspecified atom stereocenters. The summed E-state index contributed by atoms with van der Waals surface area (Å²) in [7, 11) is -3.76. The van der Waals surface area contributed by atoms with E-state index in [-0.39, 0.29) is 5.92 Å². The van der Waals surface area contributed by atoms with Crippen LogP contribution in [0.5, 0.6) is 0 Å². The fourth-order valence-electron chi connectivity index (χ4n) is 0.702. The van der Waals surface area contributed by atoms with Gasteiger partial charge in [0.2, 0.25) is 0 Å². The maximum absolute atomic E-state index is 10.7. The molecule has 0 saturated heterocycles. The van der Waals surface area contributed by atoms with Crippen LogP contribution in [0, 0.1) is 5.92 Å². The van der Waals surface area contributed by atoms with E-state index in [1.807, 2.05) is 13.8 Å². The molecule has 0 saturated carbocycles. The van der Waals surface area contributed by atoms with Crippen LogP contribution in [0.25, 0.3) is 0 Å². The predicted molar refractivity (Wildman–Crippen MR) is 38.9 cm³/mol. The quantitative estimate of drug-likeness (QED) is 0.596. The van der Waals surface area contributed by atoms with Crippen molar-refractivity contribution in [2.24, 2.45) is 5.92 Å². The third kappa shape index (κ3) is 2.20. The van der Waals surface area contributed by atoms with Gasteiger partial charge in [-0.1, -0.05) is 13.8 Å². The van der Waals surface area contributed by atoms with E-state index < -0.39 is 16.5 Å². The topological polar surface area (TPSA) is 52.6 Å². The average Bonchev–Trinajstić information content (AvgIpc) is 1.85. The molecule has 0 bridgehead atoms. The van der Waals surface area contributed by atoms with Gasteiger partial charge in [-0.2, -0.15) is 8.42 Å². The van der Waals surface area contributed by atoms with Crippen molar-refractivity contribution in [2.75, 3.05) is 0 Å². The maximum atomic E-state index is 10.7. The van der Waals surface area contributed by atoms with E-state index >= 15 is 0 Å². The monoisotopic (exact) mass is 178 g/mol. The first-order valence-corrected chi connectivity index (χ1v) is 4.63. The van der Waals surface area contributed by atoms with E-state index in [0.29, 0.717) is 0 Å². The van der Waals surface area contributed by atoms with Crippen molar-refractivity contribution in [1.29, 1.82) is 0 Å². The van der Waals surface area contributed by atoms with Gasteiger partial charge in [0.25, 0.3) is 0 Å². The van der Waals surface area contributed by atoms with Crippen LogP contribution < -0.4 is 0 Å². The molecule has 0 spiro atoms. The highest BCUT2D eigenvalue weighted by atomic mass is 32.3. The fraction of sp³-hybridized carbons (Fsp3) is 0.667. The minimum Gasteiger partial charge on any atom is -0.370 e. The Balaban J connectivity index is 2.76. The molecule has 0 radical (unpaired) electrons. The summed E-state index contributed by atoms with van der Waals surface area (Å²) in [6, 6.07) is 0. The molecule has 1 heterocycles. The van der Waals surface area contributed by atoms with Crippen LogP contribution in [0.3, 0.4) is 0 Å². The summed E-state index contributed by atoms with van der Waals surface area (Å²) in [5, 5.41) is 0. The molecule has 1 aliphatic rings. The highest BCUT2D eigenvalue weighted by Crippen LogP contribution is 2.16. The van der Waals surface area contributed by atoms with Crippen LogP contribution in [0.4, 0.5) is 0 Å². The van der Waals surface area contributed by atoms with E-state index in [4.69, 9.17) is 0 Å². The minimum absolute atomic E-state index is 0.130. The molecular weight excluding hydrogens is 168 g/mol. The Morgan fingerprint density at radius 1 is 1.45 bits per heavy atom. The Hall–Kier alpha value is -0.550. The van der Waals surface area contributed by atoms with E-state index in [0.717, 1.165) is 6.26 Å². The second kappa shape index (κ2) is 2.83. The second-order valence-corrected chi connectivity index (χ2v) is 3.84. The van der Waals surface area contributed by atoms with Crippen LogP contribution in [-0.2, 0) is 18.8 Å². The van der Waals surface area contributed by atoms with Crippen LogP contribution in [-0.4, -0.2) is 14.5 Å². The van der Waals surface area contributed by atoms with Crippen molar-refractivity contribution in [2.45, 2.75) is 20.0 Å². The third-order valence-corrected chi connectivity index (χ3v) is 2.13. The van der Waals surface area contributed by atoms with Gasteiger partial charge in [0.05, 0.1) is 0 Å². The summed E-state index contributed by atoms with van der Waals surface area (Å²) in [6.45, 7) is 3.74. The molecular formula is C6H10O4S. The molecule has 0 amide bonds. The van der Waals surface area contributed by atoms with Gasteiger partial charge in [-0.15, -0.1) is 0 Å². The lowest BCUT2D eigenvalue weighted by atomic mass is 10.1. The van der Waals surface area contributed by atoms with Crippen molar-refractivity contribution < 1.29 is 16.8 Å². The van der Waals surface area contributed by atoms with Crippen LogP contribution in [0.15, 0.2) is 12.3 Å². The van der Waals surface area contributed by atoms with Crippen molar-refractivity contribution in [3.63, 3.8) is 0 Å². The summed E-state index contributed by atoms with van der Waals surface area (Å²) in [5.74, 6) is 0.130. The SMILES string of the molecule is CC(C)C1C=COS(=O)(=O)O1. The van der Waals surface area contributed by atoms with Gasteiger partial charge in [0, 0.05) is 0 Å². The van der Waals surface area contributed by atoms with Crippen molar-refractivity contribution in [3.8, 4) is 0 Å². The maximum Gasteiger partial charge on any atom is 0.449 e. The lowest BCUT2D eigenvalue weighted by Gasteiger charge is -2.19. The lowest BCUT2D eigenvalue weighted by Crippen LogP contribution is -2.25. The molecule has 11 heavy (non-hydrogen) atoms. The predicted octanol–water partition coefficient (Wildman–Crippen LogP) is 0.816. The second-order valence-electron chi connectivity index (χ2n) is 2.64. The normalized spacial score (nSPS) is 28.5. The van der Waals surface area contributed by atoms with Gasteiger partial charge in [0.1, 0.15) is 12.4 Å². The van der Waals surface area contributed by atoms with Crippen LogP contribution in [0.2, 0.25) is 0 Å². The van der Waals surface area contributed by atoms with Gasteiger partial charge in [-0.25, -0.2) is 4.18 Å². The summed E-state index contributed by atoms with van der Waals surface area (Å²) < 4.78 is 30.2. The number of hydrogen-bond donors (Lipinski definition) is 0. The van der Waals surface area contributed by atoms with Crippen LogP contribution >= 0.6 is 0 Å². The molecule has 5 heteroatoms. The molecule has 0 fully saturated rings. The largest absolute Gasteiger partial charge is 0.449 e. The zero-order chi connectivity index (χ0) is 8.48. The molecule has 0 aromatic rings. The molecule has 0 aromatic heterocycles. The Morgan fingerprint density at radius 2 is 2.09 bits per heavy atom. The van der Waals surface area contributed by atoms with E-state index in [1.165, 1.54) is 0 Å². The first kappa shape index (κ1) is 8.55. The standard InChI is InChI=1S/C6H10O4S/c1-5(2)6-3-4-9-11(7,8)10-6/h3-6H,1-2H3. The van der Waals surface area contributed by atoms with Gasteiger partial charge < -0.3 is 4.18 Å². The summed E-state index contributed by atoms with van der Waals surface area (Å²) in [6.07, 6.45) is 2.32. The van der Waals surface area contributed by atoms with E-state index in [1.54, 1.807) is 6.08 Å². The summed E-state index contributed by atoms with van der Waals surface area (Å²) in [5.41, 5.74) is 0. The number of hydrogen-bond acceptors (Lipinski definition) is 4. The van der Waals surface area contributed by atoms with E-state index in [2.05, 4.69) is 8.37 Å². The first-order valence-electron chi connectivity index (χ1n) is 3.29. The number of rotatable bonds is 1. The molecule has 1 rings (SSSR count). The van der Waals surface area contributed by atoms with Crippen molar-refractivity contribution in [1.82, 2.24) is 0 Å². The minimum atomic E-state index is -3.76. The summed E-state index contributed by atoms with van der Waals surface area (Å²) in [4.78, 5) is 0. The molecule has 1 atom stereocenters. The molecule has 64 valence electrons. The fourth-order valence-corrected chi connectivity index (χ4v) is 1.51. The third-order valence-electron chi connectivity index (χ3n) is 1.33. The highest BCUT2D eigenvalue weighted by molar-refractivity contribution is 7.82. The molecule has 0 aliphatic carbocycles. The molecule has 0 aromatic carbocycles. The smallest absolute Gasteiger partial charge is 0.370 e. The van der Waals surface area contributed by atoms with Crippen molar-refractivity contribution >= 4 is 10.4 Å². The lowest BCUT2D eigenvalue weighted by molar-refractivity contribution is 0.157. The Kier molecular flexibility index (Phi) is 2.20. The van der Waals surface area contributed by atoms with Gasteiger partial charge in [-0.3, -0.25) is 0 Å². The molecule has 0 N–H and O–H groups in total. The van der Waals surface area contributed by atoms with Gasteiger partial charge in [-0.05, 0) is 12.0 Å².